The SMILES string of the molecule is O=c1c(I)cc2c(-c3ccccc3)c3cc(I)c(O)c(I)c3oc-2c1I. The van der Waals surface area contributed by atoms with Gasteiger partial charge in [0.05, 0.1) is 10.7 Å². The average Bonchev–Trinajstić information content (AvgIpc) is 2.64. The Morgan fingerprint density at radius 3 is 2.27 bits per heavy atom. The van der Waals surface area contributed by atoms with Crippen LogP contribution in [0.2, 0.25) is 0 Å². The second kappa shape index (κ2) is 7.35. The van der Waals surface area contributed by atoms with Crippen molar-refractivity contribution in [2.45, 2.75) is 0 Å². The molecule has 0 aromatic heterocycles. The van der Waals surface area contributed by atoms with Gasteiger partial charge in [0.25, 0.3) is 0 Å². The van der Waals surface area contributed by atoms with Crippen molar-refractivity contribution < 1.29 is 9.52 Å². The van der Waals surface area contributed by atoms with Crippen LogP contribution in [0, 0.1) is 14.3 Å². The number of aromatic hydroxyl groups is 1. The first-order valence-electron chi connectivity index (χ1n) is 7.41. The van der Waals surface area contributed by atoms with E-state index in [4.69, 9.17) is 4.42 Å². The fourth-order valence-corrected chi connectivity index (χ4v) is 6.49. The minimum atomic E-state index is -0.0365. The Balaban J connectivity index is 2.32. The summed E-state index contributed by atoms with van der Waals surface area (Å²) in [5.41, 5.74) is 3.50. The van der Waals surface area contributed by atoms with E-state index in [-0.39, 0.29) is 11.2 Å². The molecule has 0 atom stereocenters. The number of hydrogen-bond donors (Lipinski definition) is 1. The molecule has 0 fully saturated rings. The summed E-state index contributed by atoms with van der Waals surface area (Å²) in [4.78, 5) is 12.4. The van der Waals surface area contributed by atoms with Gasteiger partial charge in [-0.15, -0.1) is 0 Å². The Hall–Kier alpha value is -0.150. The molecule has 1 heterocycles. The van der Waals surface area contributed by atoms with Gasteiger partial charge in [-0.25, -0.2) is 0 Å². The highest BCUT2D eigenvalue weighted by Crippen LogP contribution is 2.45. The Bertz CT molecular complexity index is 1200. The number of fused-ring (bicyclic) bond motifs is 2. The number of halogens is 4. The standard InChI is InChI=1S/C19H8I4O3/c20-11-6-9-13(8-4-2-1-3-5-8)10-7-12(21)17(25)15(23)19(10)26-18(9)14(22)16(11)24/h1-7,24H. The van der Waals surface area contributed by atoms with Crippen molar-refractivity contribution in [2.24, 2.45) is 0 Å². The zero-order valence-corrected chi connectivity index (χ0v) is 21.4. The number of hydrogen-bond acceptors (Lipinski definition) is 3. The first kappa shape index (κ1) is 19.2. The van der Waals surface area contributed by atoms with E-state index in [0.717, 1.165) is 25.6 Å². The maximum absolute atomic E-state index is 12.4. The van der Waals surface area contributed by atoms with Crippen molar-refractivity contribution in [3.05, 3.63) is 67.0 Å². The molecule has 26 heavy (non-hydrogen) atoms. The van der Waals surface area contributed by atoms with Crippen LogP contribution in [0.25, 0.3) is 33.4 Å². The highest BCUT2D eigenvalue weighted by atomic mass is 127. The molecule has 0 saturated heterocycles. The van der Waals surface area contributed by atoms with Crippen LogP contribution in [-0.4, -0.2) is 5.11 Å². The van der Waals surface area contributed by atoms with E-state index in [1.807, 2.05) is 65.1 Å². The summed E-state index contributed by atoms with van der Waals surface area (Å²) >= 11 is 8.34. The van der Waals surface area contributed by atoms with Crippen LogP contribution in [0.1, 0.15) is 0 Å². The van der Waals surface area contributed by atoms with E-state index in [9.17, 15) is 9.90 Å². The van der Waals surface area contributed by atoms with Crippen LogP contribution >= 0.6 is 90.4 Å². The molecule has 0 spiro atoms. The molecule has 2 aliphatic rings. The van der Waals surface area contributed by atoms with Gasteiger partial charge < -0.3 is 9.52 Å². The molecule has 0 amide bonds. The lowest BCUT2D eigenvalue weighted by Crippen LogP contribution is -2.12. The van der Waals surface area contributed by atoms with Gasteiger partial charge in [0, 0.05) is 16.5 Å². The van der Waals surface area contributed by atoms with Crippen molar-refractivity contribution >= 4 is 101 Å². The predicted octanol–water partition coefficient (Wildman–Crippen LogP) is 6.69. The molecule has 4 rings (SSSR count). The molecular formula is C19H8I4O3. The molecule has 2 aromatic rings. The quantitative estimate of drug-likeness (QED) is 0.173. The normalized spacial score (nSPS) is 11.4. The van der Waals surface area contributed by atoms with E-state index in [0.29, 0.717) is 22.1 Å². The van der Waals surface area contributed by atoms with Crippen molar-refractivity contribution in [3.63, 3.8) is 0 Å². The topological polar surface area (TPSA) is 50.4 Å². The molecule has 2 aromatic carbocycles. The highest BCUT2D eigenvalue weighted by Gasteiger charge is 2.25. The van der Waals surface area contributed by atoms with Gasteiger partial charge in [0.15, 0.2) is 11.3 Å². The smallest absolute Gasteiger partial charge is 0.209 e. The maximum atomic E-state index is 12.4. The molecule has 0 bridgehead atoms. The summed E-state index contributed by atoms with van der Waals surface area (Å²) in [6.07, 6.45) is 0. The Morgan fingerprint density at radius 2 is 1.58 bits per heavy atom. The monoisotopic (exact) mass is 792 g/mol. The zero-order chi connectivity index (χ0) is 18.6. The third-order valence-corrected chi connectivity index (χ3v) is 7.69. The van der Waals surface area contributed by atoms with Crippen LogP contribution in [-0.2, 0) is 0 Å². The number of phenolic OH excluding ortho intramolecular Hbond substituents is 1. The lowest BCUT2D eigenvalue weighted by atomic mass is 9.94. The third kappa shape index (κ3) is 3.05. The Labute approximate surface area is 203 Å². The molecule has 3 nitrogen and oxygen atoms in total. The van der Waals surface area contributed by atoms with E-state index >= 15 is 0 Å². The van der Waals surface area contributed by atoms with Gasteiger partial charge in [-0.3, -0.25) is 4.79 Å². The van der Waals surface area contributed by atoms with Gasteiger partial charge in [0.1, 0.15) is 9.32 Å². The van der Waals surface area contributed by atoms with Gasteiger partial charge in [-0.2, -0.15) is 0 Å². The second-order valence-corrected chi connectivity index (χ2v) is 10.1. The number of benzene rings is 3. The highest BCUT2D eigenvalue weighted by molar-refractivity contribution is 14.1. The first-order valence-corrected chi connectivity index (χ1v) is 11.7. The molecule has 7 heteroatoms. The molecule has 0 saturated carbocycles. The maximum Gasteiger partial charge on any atom is 0.209 e. The van der Waals surface area contributed by atoms with Crippen LogP contribution in [0.15, 0.2) is 51.7 Å². The molecular weight excluding hydrogens is 784 g/mol. The molecule has 130 valence electrons. The van der Waals surface area contributed by atoms with Crippen LogP contribution in [0.5, 0.6) is 5.75 Å². The third-order valence-electron chi connectivity index (χ3n) is 4.09. The minimum Gasteiger partial charge on any atom is -0.506 e. The summed E-state index contributed by atoms with van der Waals surface area (Å²) in [6, 6.07) is 13.9. The summed E-state index contributed by atoms with van der Waals surface area (Å²) in [5, 5.41) is 11.3. The van der Waals surface area contributed by atoms with Gasteiger partial charge in [-0.1, -0.05) is 30.3 Å². The van der Waals surface area contributed by atoms with Crippen LogP contribution in [0.4, 0.5) is 0 Å². The summed E-state index contributed by atoms with van der Waals surface area (Å²) in [6.45, 7) is 0. The Kier molecular flexibility index (Phi) is 5.42. The molecule has 1 aliphatic carbocycles. The lowest BCUT2D eigenvalue weighted by Gasteiger charge is -2.18. The Morgan fingerprint density at radius 1 is 0.885 bits per heavy atom. The molecule has 0 radical (unpaired) electrons. The van der Waals surface area contributed by atoms with Crippen molar-refractivity contribution in [3.8, 4) is 28.2 Å². The largest absolute Gasteiger partial charge is 0.506 e. The van der Waals surface area contributed by atoms with Crippen molar-refractivity contribution in [1.29, 1.82) is 0 Å². The van der Waals surface area contributed by atoms with E-state index in [2.05, 4.69) is 67.8 Å². The summed E-state index contributed by atoms with van der Waals surface area (Å²) in [7, 11) is 0. The van der Waals surface area contributed by atoms with Crippen molar-refractivity contribution in [2.75, 3.05) is 0 Å². The van der Waals surface area contributed by atoms with Crippen LogP contribution in [0.3, 0.4) is 0 Å². The average molecular weight is 792 g/mol. The predicted molar refractivity (Wildman–Crippen MR) is 137 cm³/mol. The van der Waals surface area contributed by atoms with Crippen molar-refractivity contribution in [1.82, 2.24) is 0 Å². The van der Waals surface area contributed by atoms with Gasteiger partial charge in [-0.05, 0) is 108 Å². The summed E-state index contributed by atoms with van der Waals surface area (Å²) < 4.78 is 8.78. The molecule has 0 unspecified atom stereocenters. The number of phenols is 1. The van der Waals surface area contributed by atoms with E-state index < -0.39 is 0 Å². The second-order valence-electron chi connectivity index (χ2n) is 5.62. The fraction of sp³-hybridized carbons (Fsp3) is 0. The van der Waals surface area contributed by atoms with Gasteiger partial charge in [0.2, 0.25) is 5.43 Å². The van der Waals surface area contributed by atoms with E-state index in [1.54, 1.807) is 0 Å². The van der Waals surface area contributed by atoms with Gasteiger partial charge >= 0.3 is 0 Å². The van der Waals surface area contributed by atoms with E-state index in [1.165, 1.54) is 0 Å². The number of rotatable bonds is 1. The fourth-order valence-electron chi connectivity index (χ4n) is 2.91. The zero-order valence-electron chi connectivity index (χ0n) is 12.8. The molecule has 1 N–H and O–H groups in total. The lowest BCUT2D eigenvalue weighted by molar-refractivity contribution is 0.466. The summed E-state index contributed by atoms with van der Waals surface area (Å²) in [5.74, 6) is 0.754. The minimum absolute atomic E-state index is 0.0365. The first-order chi connectivity index (χ1) is 12.4. The molecule has 1 aliphatic heterocycles. The van der Waals surface area contributed by atoms with Crippen LogP contribution < -0.4 is 5.43 Å².